The molecule has 0 fully saturated rings. The molecule has 0 aliphatic carbocycles. The van der Waals surface area contributed by atoms with Gasteiger partial charge in [-0.25, -0.2) is 4.79 Å². The molecule has 0 aliphatic rings. The number of amides is 1. The second kappa shape index (κ2) is 6.54. The molecule has 19 heavy (non-hydrogen) atoms. The lowest BCUT2D eigenvalue weighted by Gasteiger charge is -2.31. The van der Waals surface area contributed by atoms with E-state index < -0.39 is 23.8 Å². The van der Waals surface area contributed by atoms with Crippen LogP contribution in [0.4, 0.5) is 4.79 Å². The molecule has 1 aromatic carbocycles. The minimum absolute atomic E-state index is 0.144. The highest BCUT2D eigenvalue weighted by Gasteiger charge is 2.32. The number of carbonyl (C=O) groups excluding carboxylic acids is 1. The Labute approximate surface area is 113 Å². The highest BCUT2D eigenvalue weighted by atomic mass is 16.5. The number of nitrogens with one attached hydrogen (secondary N) is 1. The van der Waals surface area contributed by atoms with Crippen molar-refractivity contribution in [3.05, 3.63) is 35.9 Å². The van der Waals surface area contributed by atoms with Gasteiger partial charge in [-0.15, -0.1) is 0 Å². The van der Waals surface area contributed by atoms with E-state index in [4.69, 9.17) is 4.74 Å². The second-order valence-electron chi connectivity index (χ2n) is 5.08. The molecule has 0 unspecified atom stereocenters. The highest BCUT2D eigenvalue weighted by molar-refractivity contribution is 5.67. The molecule has 0 bridgehead atoms. The number of aliphatic hydroxyl groups excluding tert-OH is 1. The van der Waals surface area contributed by atoms with Crippen LogP contribution >= 0.6 is 0 Å². The minimum atomic E-state index is -1.24. The maximum absolute atomic E-state index is 11.6. The lowest BCUT2D eigenvalue weighted by atomic mass is 9.95. The van der Waals surface area contributed by atoms with E-state index in [1.165, 1.54) is 20.8 Å². The van der Waals surface area contributed by atoms with E-state index in [0.717, 1.165) is 5.56 Å². The summed E-state index contributed by atoms with van der Waals surface area (Å²) in [5, 5.41) is 21.9. The first-order chi connectivity index (χ1) is 8.80. The van der Waals surface area contributed by atoms with Gasteiger partial charge in [0.25, 0.3) is 0 Å². The van der Waals surface area contributed by atoms with Crippen LogP contribution in [-0.4, -0.2) is 34.1 Å². The van der Waals surface area contributed by atoms with Crippen LogP contribution in [0.25, 0.3) is 0 Å². The maximum atomic E-state index is 11.6. The quantitative estimate of drug-likeness (QED) is 0.754. The number of rotatable bonds is 5. The predicted molar refractivity (Wildman–Crippen MR) is 71.5 cm³/mol. The van der Waals surface area contributed by atoms with Crippen LogP contribution in [-0.2, 0) is 11.3 Å². The Balaban J connectivity index is 2.50. The van der Waals surface area contributed by atoms with Crippen LogP contribution in [0.2, 0.25) is 0 Å². The average Bonchev–Trinajstić information content (AvgIpc) is 2.33. The smallest absolute Gasteiger partial charge is 0.407 e. The average molecular weight is 267 g/mol. The van der Waals surface area contributed by atoms with Crippen molar-refractivity contribution < 1.29 is 19.7 Å². The van der Waals surface area contributed by atoms with E-state index in [0.29, 0.717) is 0 Å². The summed E-state index contributed by atoms with van der Waals surface area (Å²) in [4.78, 5) is 11.6. The summed E-state index contributed by atoms with van der Waals surface area (Å²) in [7, 11) is 0. The minimum Gasteiger partial charge on any atom is -0.445 e. The fraction of sp³-hybridized carbons (Fsp3) is 0.500. The molecule has 0 aromatic heterocycles. The van der Waals surface area contributed by atoms with Crippen LogP contribution in [0.1, 0.15) is 26.3 Å². The van der Waals surface area contributed by atoms with Crippen molar-refractivity contribution in [2.45, 2.75) is 45.1 Å². The Morgan fingerprint density at radius 2 is 1.95 bits per heavy atom. The van der Waals surface area contributed by atoms with Crippen molar-refractivity contribution in [3.8, 4) is 0 Å². The van der Waals surface area contributed by atoms with Crippen molar-refractivity contribution in [1.29, 1.82) is 0 Å². The normalized spacial score (nSPS) is 14.6. The van der Waals surface area contributed by atoms with Crippen molar-refractivity contribution in [2.24, 2.45) is 0 Å². The summed E-state index contributed by atoms with van der Waals surface area (Å²) in [6, 6.07) is 8.47. The first-order valence-corrected chi connectivity index (χ1v) is 6.18. The highest BCUT2D eigenvalue weighted by Crippen LogP contribution is 2.12. The summed E-state index contributed by atoms with van der Waals surface area (Å²) in [5.41, 5.74) is -0.366. The molecule has 0 saturated carbocycles. The van der Waals surface area contributed by atoms with Crippen LogP contribution in [0, 0.1) is 0 Å². The van der Waals surface area contributed by atoms with Gasteiger partial charge in [0, 0.05) is 0 Å². The molecule has 5 nitrogen and oxygen atoms in total. The van der Waals surface area contributed by atoms with Gasteiger partial charge in [-0.1, -0.05) is 30.3 Å². The fourth-order valence-corrected chi connectivity index (χ4v) is 1.78. The lowest BCUT2D eigenvalue weighted by Crippen LogP contribution is -2.55. The van der Waals surface area contributed by atoms with Gasteiger partial charge in [-0.2, -0.15) is 0 Å². The number of benzene rings is 1. The van der Waals surface area contributed by atoms with Crippen LogP contribution in [0.3, 0.4) is 0 Å². The van der Waals surface area contributed by atoms with Gasteiger partial charge in [0.15, 0.2) is 0 Å². The number of ether oxygens (including phenoxy) is 1. The molecule has 2 atom stereocenters. The third-order valence-electron chi connectivity index (χ3n) is 2.73. The van der Waals surface area contributed by atoms with Crippen molar-refractivity contribution >= 4 is 6.09 Å². The first kappa shape index (κ1) is 15.5. The predicted octanol–water partition coefficient (Wildman–Crippen LogP) is 1.43. The molecule has 0 heterocycles. The summed E-state index contributed by atoms with van der Waals surface area (Å²) in [6.07, 6.45) is -1.55. The van der Waals surface area contributed by atoms with Crippen LogP contribution in [0.15, 0.2) is 30.3 Å². The van der Waals surface area contributed by atoms with Gasteiger partial charge >= 0.3 is 6.09 Å². The monoisotopic (exact) mass is 267 g/mol. The summed E-state index contributed by atoms with van der Waals surface area (Å²) >= 11 is 0. The molecule has 0 radical (unpaired) electrons. The molecule has 1 amide bonds. The summed E-state index contributed by atoms with van der Waals surface area (Å²) < 4.78 is 5.03. The zero-order valence-electron chi connectivity index (χ0n) is 11.5. The Morgan fingerprint density at radius 3 is 2.42 bits per heavy atom. The molecule has 106 valence electrons. The Bertz CT molecular complexity index is 398. The topological polar surface area (TPSA) is 78.8 Å². The SMILES string of the molecule is C[C@@H](O)[C@@H](NC(=O)OCc1ccccc1)C(C)(C)O. The van der Waals surface area contributed by atoms with Crippen molar-refractivity contribution in [3.63, 3.8) is 0 Å². The fourth-order valence-electron chi connectivity index (χ4n) is 1.78. The largest absolute Gasteiger partial charge is 0.445 e. The van der Waals surface area contributed by atoms with Gasteiger partial charge in [-0.3, -0.25) is 0 Å². The van der Waals surface area contributed by atoms with Gasteiger partial charge in [0.05, 0.1) is 17.7 Å². The molecule has 1 aromatic rings. The van der Waals surface area contributed by atoms with E-state index in [1.807, 2.05) is 30.3 Å². The van der Waals surface area contributed by atoms with E-state index in [9.17, 15) is 15.0 Å². The van der Waals surface area contributed by atoms with Crippen LogP contribution < -0.4 is 5.32 Å². The second-order valence-corrected chi connectivity index (χ2v) is 5.08. The number of hydrogen-bond donors (Lipinski definition) is 3. The molecular formula is C14H21NO4. The maximum Gasteiger partial charge on any atom is 0.407 e. The summed E-state index contributed by atoms with van der Waals surface area (Å²) in [6.45, 7) is 4.68. The molecule has 0 spiro atoms. The molecule has 0 saturated heterocycles. The van der Waals surface area contributed by atoms with Gasteiger partial charge in [-0.05, 0) is 26.3 Å². The number of alkyl carbamates (subject to hydrolysis) is 1. The Morgan fingerprint density at radius 1 is 1.37 bits per heavy atom. The number of carbonyl (C=O) groups is 1. The van der Waals surface area contributed by atoms with Crippen LogP contribution in [0.5, 0.6) is 0 Å². The lowest BCUT2D eigenvalue weighted by molar-refractivity contribution is -0.0150. The number of hydrogen-bond acceptors (Lipinski definition) is 4. The molecular weight excluding hydrogens is 246 g/mol. The molecule has 1 rings (SSSR count). The van der Waals surface area contributed by atoms with E-state index in [1.54, 1.807) is 0 Å². The van der Waals surface area contributed by atoms with E-state index in [2.05, 4.69) is 5.32 Å². The Kier molecular flexibility index (Phi) is 5.32. The van der Waals surface area contributed by atoms with Gasteiger partial charge in [0.2, 0.25) is 0 Å². The van der Waals surface area contributed by atoms with Crippen molar-refractivity contribution in [1.82, 2.24) is 5.32 Å². The van der Waals surface area contributed by atoms with Crippen molar-refractivity contribution in [2.75, 3.05) is 0 Å². The third-order valence-corrected chi connectivity index (χ3v) is 2.73. The Hall–Kier alpha value is -1.59. The zero-order chi connectivity index (χ0) is 14.5. The molecule has 3 N–H and O–H groups in total. The standard InChI is InChI=1S/C14H21NO4/c1-10(16)12(14(2,3)18)15-13(17)19-9-11-7-5-4-6-8-11/h4-8,10,12,16,18H,9H2,1-3H3,(H,15,17)/t10-,12-/m1/s1. The first-order valence-electron chi connectivity index (χ1n) is 6.18. The van der Waals surface area contributed by atoms with E-state index >= 15 is 0 Å². The number of aliphatic hydroxyl groups is 2. The molecule has 0 aliphatic heterocycles. The van der Waals surface area contributed by atoms with Gasteiger partial charge < -0.3 is 20.3 Å². The molecule has 5 heteroatoms. The van der Waals surface area contributed by atoms with E-state index in [-0.39, 0.29) is 6.61 Å². The zero-order valence-corrected chi connectivity index (χ0v) is 11.5. The third kappa shape index (κ3) is 5.28. The summed E-state index contributed by atoms with van der Waals surface area (Å²) in [5.74, 6) is 0. The van der Waals surface area contributed by atoms with Gasteiger partial charge in [0.1, 0.15) is 6.61 Å².